The Morgan fingerprint density at radius 3 is 2.44 bits per heavy atom. The minimum Gasteiger partial charge on any atom is -0.338 e. The molecule has 8 nitrogen and oxygen atoms in total. The van der Waals surface area contributed by atoms with Crippen molar-refractivity contribution in [1.29, 1.82) is 5.26 Å². The van der Waals surface area contributed by atoms with E-state index in [1.165, 1.54) is 35.2 Å². The third-order valence-corrected chi connectivity index (χ3v) is 5.93. The number of likely N-dealkylation sites (tertiary alicyclic amines) is 1. The molecule has 11 heteroatoms. The van der Waals surface area contributed by atoms with E-state index in [0.29, 0.717) is 16.3 Å². The molecule has 0 spiro atoms. The lowest BCUT2D eigenvalue weighted by molar-refractivity contribution is -0.117. The summed E-state index contributed by atoms with van der Waals surface area (Å²) < 4.78 is 27.9. The number of carbonyl (C=O) groups is 2. The molecular formula is C25H20ClF2N5O3. The van der Waals surface area contributed by atoms with Gasteiger partial charge in [0, 0.05) is 53.8 Å². The van der Waals surface area contributed by atoms with Crippen molar-refractivity contribution >= 4 is 29.1 Å². The van der Waals surface area contributed by atoms with E-state index >= 15 is 0 Å². The van der Waals surface area contributed by atoms with Gasteiger partial charge in [-0.3, -0.25) is 14.4 Å². The van der Waals surface area contributed by atoms with Crippen LogP contribution in [-0.4, -0.2) is 45.5 Å². The number of nitrogens with one attached hydrogen (secondary N) is 1. The van der Waals surface area contributed by atoms with Crippen molar-refractivity contribution in [3.05, 3.63) is 81.1 Å². The first-order valence-corrected chi connectivity index (χ1v) is 11.4. The van der Waals surface area contributed by atoms with Crippen molar-refractivity contribution in [3.8, 4) is 17.3 Å². The van der Waals surface area contributed by atoms with Gasteiger partial charge in [-0.2, -0.15) is 10.4 Å². The number of nitriles is 1. The van der Waals surface area contributed by atoms with E-state index in [2.05, 4.69) is 10.4 Å². The Kier molecular flexibility index (Phi) is 7.12. The van der Waals surface area contributed by atoms with Crippen molar-refractivity contribution in [2.75, 3.05) is 18.4 Å². The number of anilines is 1. The quantitative estimate of drug-likeness (QED) is 0.558. The molecule has 1 saturated heterocycles. The second kappa shape index (κ2) is 10.3. The summed E-state index contributed by atoms with van der Waals surface area (Å²) in [5.41, 5.74) is 1.03. The average molecular weight is 512 g/mol. The first kappa shape index (κ1) is 25.0. The molecule has 2 amide bonds. The second-order valence-corrected chi connectivity index (χ2v) is 8.76. The summed E-state index contributed by atoms with van der Waals surface area (Å²) in [4.78, 5) is 39.1. The second-order valence-electron chi connectivity index (χ2n) is 8.33. The zero-order valence-corrected chi connectivity index (χ0v) is 19.6. The van der Waals surface area contributed by atoms with E-state index in [0.717, 1.165) is 4.68 Å². The number of rotatable bonds is 5. The Morgan fingerprint density at radius 1 is 1.08 bits per heavy atom. The first-order valence-electron chi connectivity index (χ1n) is 11.0. The minimum absolute atomic E-state index is 0.0922. The lowest BCUT2D eigenvalue weighted by Gasteiger charge is -2.31. The number of amides is 2. The van der Waals surface area contributed by atoms with Crippen LogP contribution in [0.5, 0.6) is 0 Å². The predicted molar refractivity (Wildman–Crippen MR) is 129 cm³/mol. The molecule has 0 bridgehead atoms. The number of piperidine rings is 1. The number of halogens is 3. The summed E-state index contributed by atoms with van der Waals surface area (Å²) in [6, 6.07) is 15.6. The molecule has 0 radical (unpaired) electrons. The smallest absolute Gasteiger partial charge is 0.267 e. The molecule has 1 aliphatic heterocycles. The van der Waals surface area contributed by atoms with Gasteiger partial charge < -0.3 is 10.2 Å². The molecular weight excluding hydrogens is 492 g/mol. The summed E-state index contributed by atoms with van der Waals surface area (Å²) in [6.45, 7) is -0.632. The Hall–Kier alpha value is -4.10. The van der Waals surface area contributed by atoms with Gasteiger partial charge in [0.1, 0.15) is 6.54 Å². The van der Waals surface area contributed by atoms with Gasteiger partial charge in [0.25, 0.3) is 17.4 Å². The van der Waals surface area contributed by atoms with Crippen LogP contribution in [0, 0.1) is 11.3 Å². The average Bonchev–Trinajstić information content (AvgIpc) is 2.85. The molecule has 4 rings (SSSR count). The number of alkyl halides is 2. The molecule has 2 aromatic carbocycles. The summed E-state index contributed by atoms with van der Waals surface area (Å²) >= 11 is 5.91. The Morgan fingerprint density at radius 2 is 1.78 bits per heavy atom. The number of nitrogens with zero attached hydrogens (tertiary/aromatic N) is 4. The van der Waals surface area contributed by atoms with Crippen LogP contribution in [0.2, 0.25) is 5.02 Å². The van der Waals surface area contributed by atoms with Crippen molar-refractivity contribution in [2.45, 2.75) is 25.3 Å². The molecule has 1 aliphatic rings. The number of hydrogen-bond acceptors (Lipinski definition) is 5. The Bertz CT molecular complexity index is 1410. The van der Waals surface area contributed by atoms with E-state index in [1.807, 2.05) is 6.07 Å². The van der Waals surface area contributed by atoms with Gasteiger partial charge >= 0.3 is 0 Å². The predicted octanol–water partition coefficient (Wildman–Crippen LogP) is 3.95. The Balaban J connectivity index is 1.50. The zero-order valence-electron chi connectivity index (χ0n) is 18.9. The fourth-order valence-corrected chi connectivity index (χ4v) is 3.91. The zero-order chi connectivity index (χ0) is 25.9. The van der Waals surface area contributed by atoms with Gasteiger partial charge in [-0.25, -0.2) is 13.5 Å². The van der Waals surface area contributed by atoms with Crippen LogP contribution in [0.1, 0.15) is 28.8 Å². The van der Waals surface area contributed by atoms with Crippen LogP contribution in [0.3, 0.4) is 0 Å². The molecule has 0 saturated carbocycles. The van der Waals surface area contributed by atoms with Gasteiger partial charge in [0.2, 0.25) is 5.91 Å². The lowest BCUT2D eigenvalue weighted by atomic mass is 10.0. The molecule has 0 aliphatic carbocycles. The van der Waals surface area contributed by atoms with Crippen LogP contribution in [0.4, 0.5) is 14.5 Å². The van der Waals surface area contributed by atoms with Crippen molar-refractivity contribution in [2.24, 2.45) is 0 Å². The third-order valence-electron chi connectivity index (χ3n) is 5.67. The lowest BCUT2D eigenvalue weighted by Crippen LogP contribution is -2.42. The summed E-state index contributed by atoms with van der Waals surface area (Å²) in [6.07, 6.45) is -0.867. The summed E-state index contributed by atoms with van der Waals surface area (Å²) in [5.74, 6) is -3.92. The van der Waals surface area contributed by atoms with Crippen LogP contribution in [0.15, 0.2) is 59.4 Å². The van der Waals surface area contributed by atoms with Gasteiger partial charge in [-0.15, -0.1) is 0 Å². The van der Waals surface area contributed by atoms with Crippen molar-refractivity contribution < 1.29 is 18.4 Å². The fraction of sp³-hybridized carbons (Fsp3) is 0.240. The summed E-state index contributed by atoms with van der Waals surface area (Å²) in [7, 11) is 0. The van der Waals surface area contributed by atoms with Gasteiger partial charge in [0.15, 0.2) is 0 Å². The molecule has 1 N–H and O–H groups in total. The van der Waals surface area contributed by atoms with E-state index in [-0.39, 0.29) is 29.9 Å². The molecule has 2 heterocycles. The molecule has 1 aromatic heterocycles. The fourth-order valence-electron chi connectivity index (χ4n) is 3.78. The van der Waals surface area contributed by atoms with Crippen LogP contribution in [0.25, 0.3) is 11.3 Å². The SMILES string of the molecule is N#Cc1cc(NC(=O)Cn2nc(-c3ccc(Cl)cc3)ccc2=O)cc(C(=O)N2CCC(F)(F)CC2)c1. The molecule has 0 unspecified atom stereocenters. The van der Waals surface area contributed by atoms with Crippen LogP contribution >= 0.6 is 11.6 Å². The van der Waals surface area contributed by atoms with Gasteiger partial charge in [-0.05, 0) is 36.4 Å². The molecule has 0 atom stereocenters. The van der Waals surface area contributed by atoms with Gasteiger partial charge in [-0.1, -0.05) is 23.7 Å². The molecule has 3 aromatic rings. The third kappa shape index (κ3) is 5.93. The monoisotopic (exact) mass is 511 g/mol. The van der Waals surface area contributed by atoms with E-state index in [4.69, 9.17) is 11.6 Å². The minimum atomic E-state index is -2.80. The van der Waals surface area contributed by atoms with Crippen LogP contribution < -0.4 is 10.9 Å². The maximum Gasteiger partial charge on any atom is 0.267 e. The number of hydrogen-bond donors (Lipinski definition) is 1. The highest BCUT2D eigenvalue weighted by atomic mass is 35.5. The normalized spacial score (nSPS) is 14.7. The molecule has 184 valence electrons. The van der Waals surface area contributed by atoms with Crippen molar-refractivity contribution in [1.82, 2.24) is 14.7 Å². The molecule has 36 heavy (non-hydrogen) atoms. The number of benzene rings is 2. The maximum absolute atomic E-state index is 13.5. The largest absolute Gasteiger partial charge is 0.338 e. The number of carbonyl (C=O) groups excluding carboxylic acids is 2. The van der Waals surface area contributed by atoms with E-state index in [9.17, 15) is 28.4 Å². The summed E-state index contributed by atoms with van der Waals surface area (Å²) in [5, 5.41) is 16.7. The van der Waals surface area contributed by atoms with E-state index in [1.54, 1.807) is 24.3 Å². The van der Waals surface area contributed by atoms with Crippen molar-refractivity contribution in [3.63, 3.8) is 0 Å². The Labute approximate surface area is 209 Å². The molecule has 1 fully saturated rings. The number of aromatic nitrogens is 2. The topological polar surface area (TPSA) is 108 Å². The highest BCUT2D eigenvalue weighted by Gasteiger charge is 2.35. The van der Waals surface area contributed by atoms with Crippen LogP contribution in [-0.2, 0) is 11.3 Å². The highest BCUT2D eigenvalue weighted by molar-refractivity contribution is 6.30. The maximum atomic E-state index is 13.5. The standard InChI is InChI=1S/C25H20ClF2N5O3/c26-19-3-1-17(2-4-19)21-5-6-23(35)33(31-21)15-22(34)30-20-12-16(14-29)11-18(13-20)24(36)32-9-7-25(27,28)8-10-32/h1-6,11-13H,7-10,15H2,(H,30,34). The first-order chi connectivity index (χ1) is 17.1. The highest BCUT2D eigenvalue weighted by Crippen LogP contribution is 2.29. The van der Waals surface area contributed by atoms with Gasteiger partial charge in [0.05, 0.1) is 17.3 Å². The van der Waals surface area contributed by atoms with E-state index < -0.39 is 42.7 Å².